The third-order valence-electron chi connectivity index (χ3n) is 4.81. The fraction of sp³-hybridized carbons (Fsp3) is 0.579. The molecule has 1 aliphatic heterocycles. The van der Waals surface area contributed by atoms with Gasteiger partial charge in [-0.05, 0) is 37.4 Å². The predicted molar refractivity (Wildman–Crippen MR) is 100 cm³/mol. The molecule has 0 unspecified atom stereocenters. The smallest absolute Gasteiger partial charge is 0.127 e. The van der Waals surface area contributed by atoms with Crippen molar-refractivity contribution in [2.75, 3.05) is 19.6 Å². The highest BCUT2D eigenvalue weighted by atomic mass is 32.1. The maximum absolute atomic E-state index is 4.46. The third kappa shape index (κ3) is 4.62. The quantitative estimate of drug-likeness (QED) is 0.732. The van der Waals surface area contributed by atoms with Crippen LogP contribution in [-0.4, -0.2) is 45.4 Å². The molecule has 1 fully saturated rings. The summed E-state index contributed by atoms with van der Waals surface area (Å²) in [5.41, 5.74) is 1.21. The zero-order chi connectivity index (χ0) is 16.8. The molecule has 130 valence electrons. The molecule has 2 aromatic heterocycles. The van der Waals surface area contributed by atoms with Crippen LogP contribution in [0.3, 0.4) is 0 Å². The van der Waals surface area contributed by atoms with Crippen molar-refractivity contribution in [1.82, 2.24) is 19.8 Å². The average Bonchev–Trinajstić information content (AvgIpc) is 3.27. The predicted octanol–water partition coefficient (Wildman–Crippen LogP) is 3.59. The first-order chi connectivity index (χ1) is 11.8. The second kappa shape index (κ2) is 8.70. The molecular weight excluding hydrogens is 316 g/mol. The number of likely N-dealkylation sites (tertiary alicyclic amines) is 1. The van der Waals surface area contributed by atoms with Gasteiger partial charge < -0.3 is 0 Å². The molecule has 1 atom stereocenters. The number of likely N-dealkylation sites (N-methyl/N-ethyl adjacent to an activating group) is 1. The van der Waals surface area contributed by atoms with Gasteiger partial charge in [0.25, 0.3) is 0 Å². The Morgan fingerprint density at radius 1 is 1.25 bits per heavy atom. The van der Waals surface area contributed by atoms with Crippen LogP contribution in [0.25, 0.3) is 0 Å². The zero-order valence-electron chi connectivity index (χ0n) is 14.8. The molecule has 0 saturated carbocycles. The zero-order valence-corrected chi connectivity index (χ0v) is 15.6. The molecule has 3 rings (SSSR count). The Labute approximate surface area is 149 Å². The van der Waals surface area contributed by atoms with Crippen molar-refractivity contribution >= 4 is 11.3 Å². The summed E-state index contributed by atoms with van der Waals surface area (Å²) < 4.78 is 0. The molecule has 5 heteroatoms. The van der Waals surface area contributed by atoms with Crippen LogP contribution >= 0.6 is 11.3 Å². The lowest BCUT2D eigenvalue weighted by Gasteiger charge is -2.30. The average molecular weight is 345 g/mol. The maximum Gasteiger partial charge on any atom is 0.127 e. The molecule has 24 heavy (non-hydrogen) atoms. The second-order valence-electron chi connectivity index (χ2n) is 6.53. The summed E-state index contributed by atoms with van der Waals surface area (Å²) in [5.74, 6) is 0.927. The number of hydrogen-bond acceptors (Lipinski definition) is 5. The molecular formula is C19H28N4S. The molecule has 0 amide bonds. The minimum absolute atomic E-state index is 0.686. The summed E-state index contributed by atoms with van der Waals surface area (Å²) >= 11 is 1.85. The standard InChI is InChI=1S/C19H28N4S/c1-3-19-20-11-16(12-21-19)13-22(15-18-8-6-10-24-18)14-17-7-5-9-23(17)4-2/h6,8,10-12,17H,3-5,7,9,13-15H2,1-2H3/t17-/m1/s1. The Bertz CT molecular complexity index is 596. The lowest BCUT2D eigenvalue weighted by atomic mass is 10.2. The van der Waals surface area contributed by atoms with E-state index in [1.807, 2.05) is 23.7 Å². The van der Waals surface area contributed by atoms with Crippen molar-refractivity contribution in [3.05, 3.63) is 46.2 Å². The molecule has 0 bridgehead atoms. The highest BCUT2D eigenvalue weighted by molar-refractivity contribution is 7.09. The van der Waals surface area contributed by atoms with Gasteiger partial charge in [0.1, 0.15) is 5.82 Å². The largest absolute Gasteiger partial charge is 0.299 e. The molecule has 1 aliphatic rings. The first kappa shape index (κ1) is 17.5. The van der Waals surface area contributed by atoms with Crippen molar-refractivity contribution in [1.29, 1.82) is 0 Å². The Kier molecular flexibility index (Phi) is 6.35. The van der Waals surface area contributed by atoms with E-state index in [1.165, 1.54) is 29.8 Å². The minimum atomic E-state index is 0.686. The summed E-state index contributed by atoms with van der Waals surface area (Å²) in [6.45, 7) is 9.85. The van der Waals surface area contributed by atoms with Gasteiger partial charge >= 0.3 is 0 Å². The summed E-state index contributed by atoms with van der Waals surface area (Å²) in [7, 11) is 0. The van der Waals surface area contributed by atoms with E-state index in [0.717, 1.165) is 38.4 Å². The van der Waals surface area contributed by atoms with Crippen LogP contribution in [0.4, 0.5) is 0 Å². The fourth-order valence-electron chi connectivity index (χ4n) is 3.53. The molecule has 0 N–H and O–H groups in total. The molecule has 0 spiro atoms. The Hall–Kier alpha value is -1.30. The van der Waals surface area contributed by atoms with Crippen molar-refractivity contribution in [2.45, 2.75) is 52.2 Å². The summed E-state index contributed by atoms with van der Waals surface area (Å²) in [6.07, 6.45) is 7.55. The van der Waals surface area contributed by atoms with Gasteiger partial charge in [-0.3, -0.25) is 9.80 Å². The van der Waals surface area contributed by atoms with E-state index in [1.54, 1.807) is 0 Å². The fourth-order valence-corrected chi connectivity index (χ4v) is 4.27. The van der Waals surface area contributed by atoms with Gasteiger partial charge in [-0.25, -0.2) is 9.97 Å². The Morgan fingerprint density at radius 2 is 2.08 bits per heavy atom. The summed E-state index contributed by atoms with van der Waals surface area (Å²) in [6, 6.07) is 5.07. The van der Waals surface area contributed by atoms with Crippen LogP contribution in [0.5, 0.6) is 0 Å². The van der Waals surface area contributed by atoms with E-state index < -0.39 is 0 Å². The highest BCUT2D eigenvalue weighted by Crippen LogP contribution is 2.21. The van der Waals surface area contributed by atoms with Gasteiger partial charge in [-0.15, -0.1) is 11.3 Å². The summed E-state index contributed by atoms with van der Waals surface area (Å²) in [5, 5.41) is 2.17. The van der Waals surface area contributed by atoms with Gasteiger partial charge in [0.15, 0.2) is 0 Å². The van der Waals surface area contributed by atoms with Crippen molar-refractivity contribution < 1.29 is 0 Å². The minimum Gasteiger partial charge on any atom is -0.299 e. The summed E-state index contributed by atoms with van der Waals surface area (Å²) in [4.78, 5) is 15.5. The van der Waals surface area contributed by atoms with Crippen LogP contribution in [-0.2, 0) is 19.5 Å². The van der Waals surface area contributed by atoms with E-state index in [9.17, 15) is 0 Å². The lowest BCUT2D eigenvalue weighted by Crippen LogP contribution is -2.39. The number of rotatable bonds is 8. The first-order valence-corrected chi connectivity index (χ1v) is 9.95. The van der Waals surface area contributed by atoms with Gasteiger partial charge in [-0.2, -0.15) is 0 Å². The first-order valence-electron chi connectivity index (χ1n) is 9.07. The van der Waals surface area contributed by atoms with Crippen LogP contribution < -0.4 is 0 Å². The third-order valence-corrected chi connectivity index (χ3v) is 5.68. The van der Waals surface area contributed by atoms with Gasteiger partial charge in [-0.1, -0.05) is 19.9 Å². The monoisotopic (exact) mass is 344 g/mol. The normalized spacial score (nSPS) is 18.5. The van der Waals surface area contributed by atoms with Crippen molar-refractivity contribution in [2.24, 2.45) is 0 Å². The van der Waals surface area contributed by atoms with E-state index in [2.05, 4.69) is 51.1 Å². The van der Waals surface area contributed by atoms with Crippen LogP contribution in [0, 0.1) is 0 Å². The topological polar surface area (TPSA) is 32.3 Å². The number of aromatic nitrogens is 2. The Morgan fingerprint density at radius 3 is 2.75 bits per heavy atom. The van der Waals surface area contributed by atoms with Gasteiger partial charge in [0.05, 0.1) is 0 Å². The van der Waals surface area contributed by atoms with Crippen molar-refractivity contribution in [3.63, 3.8) is 0 Å². The molecule has 1 saturated heterocycles. The number of hydrogen-bond donors (Lipinski definition) is 0. The van der Waals surface area contributed by atoms with E-state index in [0.29, 0.717) is 6.04 Å². The number of thiophene rings is 1. The van der Waals surface area contributed by atoms with Gasteiger partial charge in [0, 0.05) is 54.9 Å². The molecule has 4 nitrogen and oxygen atoms in total. The molecule has 3 heterocycles. The van der Waals surface area contributed by atoms with Crippen LogP contribution in [0.15, 0.2) is 29.9 Å². The van der Waals surface area contributed by atoms with Crippen LogP contribution in [0.2, 0.25) is 0 Å². The lowest BCUT2D eigenvalue weighted by molar-refractivity contribution is 0.166. The molecule has 0 radical (unpaired) electrons. The number of nitrogens with zero attached hydrogens (tertiary/aromatic N) is 4. The van der Waals surface area contributed by atoms with E-state index in [4.69, 9.17) is 0 Å². The maximum atomic E-state index is 4.46. The molecule has 0 aliphatic carbocycles. The second-order valence-corrected chi connectivity index (χ2v) is 7.57. The number of aryl methyl sites for hydroxylation is 1. The molecule has 0 aromatic carbocycles. The van der Waals surface area contributed by atoms with Crippen molar-refractivity contribution in [3.8, 4) is 0 Å². The van der Waals surface area contributed by atoms with E-state index in [-0.39, 0.29) is 0 Å². The SMILES string of the molecule is CCc1ncc(CN(Cc2cccs2)C[C@H]2CCCN2CC)cn1. The van der Waals surface area contributed by atoms with Gasteiger partial charge in [0.2, 0.25) is 0 Å². The van der Waals surface area contributed by atoms with Crippen LogP contribution in [0.1, 0.15) is 43.0 Å². The Balaban J connectivity index is 1.68. The molecule has 2 aromatic rings. The highest BCUT2D eigenvalue weighted by Gasteiger charge is 2.25. The van der Waals surface area contributed by atoms with E-state index >= 15 is 0 Å².